The van der Waals surface area contributed by atoms with Gasteiger partial charge in [0.1, 0.15) is 11.6 Å². The minimum Gasteiger partial charge on any atom is -0.383 e. The molecule has 404 valence electrons. The molecule has 4 fully saturated rings. The number of nitrogen functional groups attached to an aromatic ring is 2. The number of piperidine rings is 4. The monoisotopic (exact) mass is 1070 g/mol. The van der Waals surface area contributed by atoms with Crippen molar-refractivity contribution >= 4 is 89.7 Å². The van der Waals surface area contributed by atoms with Gasteiger partial charge < -0.3 is 41.7 Å². The van der Waals surface area contributed by atoms with E-state index in [9.17, 15) is 19.2 Å². The molecule has 0 spiro atoms. The summed E-state index contributed by atoms with van der Waals surface area (Å²) in [5.41, 5.74) is 18.5. The molecule has 4 amide bonds. The molecule has 6 N–H and O–H groups in total. The van der Waals surface area contributed by atoms with Gasteiger partial charge in [-0.15, -0.1) is 22.7 Å². The largest absolute Gasteiger partial charge is 0.383 e. The molecule has 4 aliphatic rings. The summed E-state index contributed by atoms with van der Waals surface area (Å²) >= 11 is 3.59. The first kappa shape index (κ1) is 54.7. The van der Waals surface area contributed by atoms with Crippen molar-refractivity contribution in [3.8, 4) is 0 Å². The Morgan fingerprint density at radius 3 is 1.37 bits per heavy atom. The topological polar surface area (TPSA) is 209 Å². The Kier molecular flexibility index (Phi) is 17.0. The number of nitrogens with one attached hydrogen (secondary N) is 2. The molecule has 76 heavy (non-hydrogen) atoms. The number of nitrogens with two attached hydrogens (primary N) is 2. The Morgan fingerprint density at radius 1 is 0.579 bits per heavy atom. The van der Waals surface area contributed by atoms with Crippen molar-refractivity contribution < 1.29 is 19.2 Å². The van der Waals surface area contributed by atoms with Gasteiger partial charge in [0.15, 0.2) is 0 Å². The molecule has 10 rings (SSSR count). The zero-order valence-electron chi connectivity index (χ0n) is 45.5. The van der Waals surface area contributed by atoms with E-state index in [1.165, 1.54) is 31.8 Å². The number of carbonyl (C=O) groups is 4. The number of likely N-dealkylation sites (tertiary alicyclic amines) is 4. The number of fused-ring (bicyclic) bond motifs is 2. The number of pyridine rings is 2. The third-order valence-corrected chi connectivity index (χ3v) is 18.6. The predicted octanol–water partition coefficient (Wildman–Crippen LogP) is 9.66. The number of benzene rings is 2. The molecule has 8 heterocycles. The van der Waals surface area contributed by atoms with Gasteiger partial charge in [-0.1, -0.05) is 53.7 Å². The first-order chi connectivity index (χ1) is 36.5. The van der Waals surface area contributed by atoms with Gasteiger partial charge in [-0.25, -0.2) is 19.9 Å². The number of nitrogens with zero attached hydrogens (tertiary/aromatic N) is 8. The number of rotatable bonds is 8. The fourth-order valence-electron chi connectivity index (χ4n) is 11.9. The van der Waals surface area contributed by atoms with Crippen LogP contribution in [0.25, 0.3) is 20.4 Å². The molecule has 2 aromatic carbocycles. The number of amides is 4. The maximum Gasteiger partial charge on any atom is 0.313 e. The van der Waals surface area contributed by atoms with Crippen LogP contribution in [0.2, 0.25) is 0 Å². The zero-order valence-corrected chi connectivity index (χ0v) is 47.1. The number of carbonyl (C=O) groups excluding carboxylic acids is 4. The number of thiazole rings is 2. The molecular weight excluding hydrogens is 993 g/mol. The van der Waals surface area contributed by atoms with Crippen LogP contribution in [0, 0.1) is 23.7 Å². The Balaban J connectivity index is 0.000000186. The van der Waals surface area contributed by atoms with E-state index in [1.807, 2.05) is 13.8 Å². The summed E-state index contributed by atoms with van der Waals surface area (Å²) < 4.78 is 2.36. The lowest BCUT2D eigenvalue weighted by Crippen LogP contribution is -2.46. The minimum atomic E-state index is -0.647. The van der Waals surface area contributed by atoms with Gasteiger partial charge in [-0.3, -0.25) is 19.2 Å². The molecule has 4 aromatic heterocycles. The first-order valence-corrected chi connectivity index (χ1v) is 29.0. The Bertz CT molecular complexity index is 2880. The van der Waals surface area contributed by atoms with E-state index in [1.54, 1.807) is 44.6 Å². The highest BCUT2D eigenvalue weighted by atomic mass is 32.1. The summed E-state index contributed by atoms with van der Waals surface area (Å²) in [6, 6.07) is 16.0. The average molecular weight is 1070 g/mol. The number of anilines is 4. The standard InChI is InChI=1S/2C29H38N6O2S/c2*1-5-19-12-21(14-31-26(19)30)32-27(36)29(37)35-15-17(2)6-8-24(35)20-7-9-25-23(13-20)33-28(38-25)22-10-11-34(4)16-18(22)3/h2*7,9,12-14,17-18,22,24H,5-6,8,10-11,15-16H2,1-4H3,(H2,30,31)(H,32,36)/t17-,18+,22+,24+;17-,18-,22-,24+/m00/s1. The van der Waals surface area contributed by atoms with E-state index >= 15 is 0 Å². The lowest BCUT2D eigenvalue weighted by Gasteiger charge is -2.38. The van der Waals surface area contributed by atoms with Gasteiger partial charge in [0.05, 0.1) is 66.3 Å². The second-order valence-corrected chi connectivity index (χ2v) is 24.4. The number of aromatic nitrogens is 4. The van der Waals surface area contributed by atoms with E-state index in [-0.39, 0.29) is 12.1 Å². The van der Waals surface area contributed by atoms with Gasteiger partial charge in [-0.05, 0) is 161 Å². The van der Waals surface area contributed by atoms with Gasteiger partial charge >= 0.3 is 23.6 Å². The summed E-state index contributed by atoms with van der Waals surface area (Å²) in [5.74, 6) is 1.32. The lowest BCUT2D eigenvalue weighted by atomic mass is 9.87. The maximum atomic E-state index is 13.4. The quantitative estimate of drug-likeness (QED) is 0.105. The second-order valence-electron chi connectivity index (χ2n) is 22.3. The highest BCUT2D eigenvalue weighted by Crippen LogP contribution is 2.42. The number of aryl methyl sites for hydroxylation is 2. The molecule has 0 bridgehead atoms. The molecular formula is C58H76N12O4S2. The third kappa shape index (κ3) is 12.2. The van der Waals surface area contributed by atoms with Crippen molar-refractivity contribution in [1.82, 2.24) is 39.5 Å². The molecule has 4 saturated heterocycles. The van der Waals surface area contributed by atoms with Crippen LogP contribution in [0.15, 0.2) is 60.9 Å². The fourth-order valence-corrected chi connectivity index (χ4v) is 14.4. The highest BCUT2D eigenvalue weighted by molar-refractivity contribution is 7.19. The molecule has 0 radical (unpaired) electrons. The van der Waals surface area contributed by atoms with Gasteiger partial charge in [0.2, 0.25) is 0 Å². The van der Waals surface area contributed by atoms with Gasteiger partial charge in [0, 0.05) is 38.0 Å². The van der Waals surface area contributed by atoms with Crippen LogP contribution in [0.5, 0.6) is 0 Å². The fraction of sp³-hybridized carbons (Fsp3) is 0.517. The van der Waals surface area contributed by atoms with Crippen LogP contribution in [-0.2, 0) is 32.0 Å². The molecule has 16 nitrogen and oxygen atoms in total. The van der Waals surface area contributed by atoms with Gasteiger partial charge in [0.25, 0.3) is 0 Å². The van der Waals surface area contributed by atoms with E-state index in [0.717, 1.165) is 98.0 Å². The molecule has 4 aliphatic heterocycles. The average Bonchev–Trinajstić information content (AvgIpc) is 4.04. The van der Waals surface area contributed by atoms with Crippen molar-refractivity contribution in [3.05, 3.63) is 93.2 Å². The number of hydrogen-bond donors (Lipinski definition) is 4. The molecule has 18 heteroatoms. The van der Waals surface area contributed by atoms with Crippen LogP contribution in [-0.4, -0.2) is 117 Å². The van der Waals surface area contributed by atoms with Crippen molar-refractivity contribution in [2.24, 2.45) is 23.7 Å². The van der Waals surface area contributed by atoms with Crippen LogP contribution < -0.4 is 22.1 Å². The summed E-state index contributed by atoms with van der Waals surface area (Å²) in [7, 11) is 4.37. The van der Waals surface area contributed by atoms with E-state index in [4.69, 9.17) is 21.4 Å². The Morgan fingerprint density at radius 2 is 0.987 bits per heavy atom. The summed E-state index contributed by atoms with van der Waals surface area (Å²) in [5, 5.41) is 7.91. The Labute approximate surface area is 455 Å². The summed E-state index contributed by atoms with van der Waals surface area (Å²) in [6.45, 7) is 18.3. The smallest absolute Gasteiger partial charge is 0.313 e. The van der Waals surface area contributed by atoms with Crippen molar-refractivity contribution in [2.75, 3.05) is 75.5 Å². The van der Waals surface area contributed by atoms with Crippen LogP contribution in [0.1, 0.15) is 136 Å². The van der Waals surface area contributed by atoms with Gasteiger partial charge in [-0.2, -0.15) is 0 Å². The van der Waals surface area contributed by atoms with E-state index < -0.39 is 23.6 Å². The van der Waals surface area contributed by atoms with Crippen molar-refractivity contribution in [2.45, 2.75) is 117 Å². The normalized spacial score (nSPS) is 24.5. The van der Waals surface area contributed by atoms with Crippen molar-refractivity contribution in [3.63, 3.8) is 0 Å². The summed E-state index contributed by atoms with van der Waals surface area (Å²) in [4.78, 5) is 79.7. The predicted molar refractivity (Wildman–Crippen MR) is 306 cm³/mol. The summed E-state index contributed by atoms with van der Waals surface area (Å²) in [6.07, 6.45) is 10.3. The Hall–Kier alpha value is -6.08. The maximum absolute atomic E-state index is 13.4. The molecule has 8 atom stereocenters. The number of hydrogen-bond acceptors (Lipinski definition) is 14. The van der Waals surface area contributed by atoms with Crippen LogP contribution in [0.3, 0.4) is 0 Å². The first-order valence-electron chi connectivity index (χ1n) is 27.4. The minimum absolute atomic E-state index is 0.156. The second kappa shape index (κ2) is 23.7. The lowest BCUT2D eigenvalue weighted by molar-refractivity contribution is -0.146. The molecule has 6 aromatic rings. The molecule has 0 saturated carbocycles. The SMILES string of the molecule is CCc1cc(NC(=O)C(=O)N2C[C@@H](C)CC[C@@H]2c2ccc3sc([C@@H]4CCN(C)C[C@H]4C)nc3c2)cnc1N.CCc1cc(NC(=O)C(=O)N2C[C@@H](C)CC[C@@H]2c2ccc3sc([C@H]4CCN(C)C[C@@H]4C)nc3c2)cnc1N. The van der Waals surface area contributed by atoms with E-state index in [2.05, 4.69) is 109 Å². The molecule has 0 unspecified atom stereocenters. The molecule has 0 aliphatic carbocycles. The third-order valence-electron chi connectivity index (χ3n) is 16.3. The van der Waals surface area contributed by atoms with E-state index in [0.29, 0.717) is 84.4 Å². The zero-order chi connectivity index (χ0) is 53.9. The van der Waals surface area contributed by atoms with Crippen LogP contribution in [0.4, 0.5) is 23.0 Å². The van der Waals surface area contributed by atoms with Crippen molar-refractivity contribution in [1.29, 1.82) is 0 Å². The van der Waals surface area contributed by atoms with Crippen LogP contribution >= 0.6 is 22.7 Å². The highest BCUT2D eigenvalue weighted by Gasteiger charge is 2.37.